The Morgan fingerprint density at radius 3 is 2.90 bits per heavy atom. The quantitative estimate of drug-likeness (QED) is 0.582. The van der Waals surface area contributed by atoms with Gasteiger partial charge >= 0.3 is 0 Å². The summed E-state index contributed by atoms with van der Waals surface area (Å²) in [5, 5.41) is 14.1. The van der Waals surface area contributed by atoms with Gasteiger partial charge in [0.15, 0.2) is 5.69 Å². The summed E-state index contributed by atoms with van der Waals surface area (Å²) in [5.41, 5.74) is 1.62. The summed E-state index contributed by atoms with van der Waals surface area (Å²) in [6.45, 7) is 0. The van der Waals surface area contributed by atoms with Crippen molar-refractivity contribution in [3.05, 3.63) is 52.8 Å². The maximum atomic E-state index is 11.2. The Balaban J connectivity index is 2.32. The number of hydrogen-bond acceptors (Lipinski definition) is 5. The molecule has 0 aliphatic heterocycles. The smallest absolute Gasteiger partial charge is 0.297 e. The molecule has 0 atom stereocenters. The second-order valence-electron chi connectivity index (χ2n) is 4.14. The lowest BCUT2D eigenvalue weighted by Gasteiger charge is -2.07. The molecule has 0 aromatic carbocycles. The molecule has 3 heterocycles. The average Bonchev–Trinajstić information content (AvgIpc) is 2.94. The van der Waals surface area contributed by atoms with Crippen LogP contribution in [0, 0.1) is 10.1 Å². The van der Waals surface area contributed by atoms with E-state index >= 15 is 0 Å². The van der Waals surface area contributed by atoms with Gasteiger partial charge in [0, 0.05) is 25.5 Å². The molecule has 0 amide bonds. The van der Waals surface area contributed by atoms with Crippen molar-refractivity contribution in [1.82, 2.24) is 14.4 Å². The van der Waals surface area contributed by atoms with E-state index in [1.54, 1.807) is 42.0 Å². The van der Waals surface area contributed by atoms with Crippen LogP contribution in [-0.4, -0.2) is 26.3 Å². The first kappa shape index (κ1) is 12.1. The molecular formula is C13H11N5O2. The highest BCUT2D eigenvalue weighted by Crippen LogP contribution is 2.29. The van der Waals surface area contributed by atoms with Crippen molar-refractivity contribution in [2.75, 3.05) is 12.4 Å². The number of anilines is 1. The van der Waals surface area contributed by atoms with Crippen LogP contribution in [0.4, 0.5) is 11.5 Å². The van der Waals surface area contributed by atoms with Crippen LogP contribution in [0.5, 0.6) is 0 Å². The Morgan fingerprint density at radius 2 is 2.15 bits per heavy atom. The number of aromatic nitrogens is 3. The van der Waals surface area contributed by atoms with E-state index in [0.717, 1.165) is 0 Å². The number of nitrogens with zero attached hydrogens (tertiary/aromatic N) is 4. The predicted octanol–water partition coefficient (Wildman–Crippen LogP) is 2.35. The average molecular weight is 269 g/mol. The third-order valence-corrected chi connectivity index (χ3v) is 3.00. The number of imidazole rings is 1. The van der Waals surface area contributed by atoms with Crippen molar-refractivity contribution in [2.24, 2.45) is 0 Å². The van der Waals surface area contributed by atoms with Crippen LogP contribution in [0.3, 0.4) is 0 Å². The molecule has 0 saturated carbocycles. The van der Waals surface area contributed by atoms with Crippen molar-refractivity contribution in [3.63, 3.8) is 0 Å². The Morgan fingerprint density at radius 1 is 1.30 bits per heavy atom. The molecule has 1 N–H and O–H groups in total. The fraction of sp³-hybridized carbons (Fsp3) is 0.0769. The third-order valence-electron chi connectivity index (χ3n) is 3.00. The lowest BCUT2D eigenvalue weighted by molar-refractivity contribution is -0.384. The molecule has 0 bridgehead atoms. The number of fused-ring (bicyclic) bond motifs is 1. The highest BCUT2D eigenvalue weighted by atomic mass is 16.6. The minimum atomic E-state index is -0.433. The fourth-order valence-corrected chi connectivity index (χ4v) is 2.07. The minimum absolute atomic E-state index is 0.0369. The van der Waals surface area contributed by atoms with Crippen LogP contribution in [0.1, 0.15) is 0 Å². The summed E-state index contributed by atoms with van der Waals surface area (Å²) in [6.07, 6.45) is 3.40. The highest BCUT2D eigenvalue weighted by Gasteiger charge is 2.19. The molecule has 0 spiro atoms. The van der Waals surface area contributed by atoms with Gasteiger partial charge in [-0.25, -0.2) is 9.97 Å². The van der Waals surface area contributed by atoms with E-state index in [1.807, 2.05) is 6.07 Å². The molecule has 0 fully saturated rings. The molecule has 3 rings (SSSR count). The minimum Gasteiger partial charge on any atom is -0.373 e. The monoisotopic (exact) mass is 269 g/mol. The highest BCUT2D eigenvalue weighted by molar-refractivity contribution is 5.70. The lowest BCUT2D eigenvalue weighted by atomic mass is 10.2. The summed E-state index contributed by atoms with van der Waals surface area (Å²) < 4.78 is 1.77. The molecule has 20 heavy (non-hydrogen) atoms. The molecule has 100 valence electrons. The van der Waals surface area contributed by atoms with E-state index in [2.05, 4.69) is 15.3 Å². The Hall–Kier alpha value is -2.96. The summed E-state index contributed by atoms with van der Waals surface area (Å²) in [5.74, 6) is 0.572. The van der Waals surface area contributed by atoms with Crippen LogP contribution >= 0.6 is 0 Å². The van der Waals surface area contributed by atoms with E-state index in [4.69, 9.17) is 0 Å². The Kier molecular flexibility index (Phi) is 2.79. The molecule has 0 aliphatic carbocycles. The van der Waals surface area contributed by atoms with E-state index in [1.165, 1.54) is 6.07 Å². The molecule has 0 unspecified atom stereocenters. The maximum absolute atomic E-state index is 11.2. The van der Waals surface area contributed by atoms with Crippen molar-refractivity contribution >= 4 is 17.2 Å². The molecule has 0 aliphatic rings. The summed E-state index contributed by atoms with van der Waals surface area (Å²) in [6, 6.07) is 8.44. The first-order valence-electron chi connectivity index (χ1n) is 5.96. The van der Waals surface area contributed by atoms with Crippen LogP contribution < -0.4 is 5.32 Å². The predicted molar refractivity (Wildman–Crippen MR) is 74.6 cm³/mol. The van der Waals surface area contributed by atoms with Gasteiger partial charge in [-0.1, -0.05) is 6.07 Å². The third kappa shape index (κ3) is 1.85. The zero-order valence-electron chi connectivity index (χ0n) is 10.6. The first-order chi connectivity index (χ1) is 9.70. The van der Waals surface area contributed by atoms with Crippen molar-refractivity contribution in [2.45, 2.75) is 0 Å². The van der Waals surface area contributed by atoms with E-state index in [9.17, 15) is 10.1 Å². The van der Waals surface area contributed by atoms with Gasteiger partial charge in [-0.05, 0) is 18.2 Å². The molecule has 0 radical (unpaired) electrons. The van der Waals surface area contributed by atoms with E-state index < -0.39 is 4.92 Å². The molecular weight excluding hydrogens is 258 g/mol. The Bertz CT molecular complexity index is 796. The zero-order valence-corrected chi connectivity index (χ0v) is 10.6. The molecule has 7 nitrogen and oxygen atoms in total. The number of rotatable bonds is 3. The second-order valence-corrected chi connectivity index (χ2v) is 4.14. The molecule has 0 saturated heterocycles. The van der Waals surface area contributed by atoms with Gasteiger partial charge in [-0.15, -0.1) is 0 Å². The first-order valence-corrected chi connectivity index (χ1v) is 5.96. The summed E-state index contributed by atoms with van der Waals surface area (Å²) in [4.78, 5) is 19.2. The summed E-state index contributed by atoms with van der Waals surface area (Å²) in [7, 11) is 1.72. The Labute approximate surface area is 114 Å². The van der Waals surface area contributed by atoms with Gasteiger partial charge in [0.1, 0.15) is 11.5 Å². The second kappa shape index (κ2) is 4.61. The standard InChI is InChI=1S/C13H11N5O2/c1-14-11-6-5-10(18(19)20)13(16-11)9-3-2-4-12-15-7-8-17(9)12/h2-8H,1H3,(H,14,16). The number of nitro groups is 1. The van der Waals surface area contributed by atoms with Crippen LogP contribution in [0.25, 0.3) is 17.0 Å². The van der Waals surface area contributed by atoms with Gasteiger partial charge in [0.2, 0.25) is 0 Å². The van der Waals surface area contributed by atoms with Gasteiger partial charge in [-0.3, -0.25) is 14.5 Å². The number of hydrogen-bond donors (Lipinski definition) is 1. The summed E-state index contributed by atoms with van der Waals surface area (Å²) >= 11 is 0. The van der Waals surface area contributed by atoms with Gasteiger partial charge < -0.3 is 5.32 Å². The van der Waals surface area contributed by atoms with E-state index in [-0.39, 0.29) is 5.69 Å². The van der Waals surface area contributed by atoms with Crippen molar-refractivity contribution in [1.29, 1.82) is 0 Å². The molecule has 3 aromatic rings. The fourth-order valence-electron chi connectivity index (χ4n) is 2.07. The lowest BCUT2D eigenvalue weighted by Crippen LogP contribution is -2.01. The van der Waals surface area contributed by atoms with Crippen LogP contribution in [-0.2, 0) is 0 Å². The van der Waals surface area contributed by atoms with Crippen LogP contribution in [0.2, 0.25) is 0 Å². The molecule has 3 aromatic heterocycles. The van der Waals surface area contributed by atoms with Gasteiger partial charge in [-0.2, -0.15) is 0 Å². The number of pyridine rings is 2. The number of nitrogens with one attached hydrogen (secondary N) is 1. The van der Waals surface area contributed by atoms with E-state index in [0.29, 0.717) is 22.9 Å². The van der Waals surface area contributed by atoms with Crippen molar-refractivity contribution in [3.8, 4) is 11.4 Å². The maximum Gasteiger partial charge on any atom is 0.297 e. The van der Waals surface area contributed by atoms with Crippen LogP contribution in [0.15, 0.2) is 42.7 Å². The largest absolute Gasteiger partial charge is 0.373 e. The van der Waals surface area contributed by atoms with Gasteiger partial charge in [0.05, 0.1) is 10.6 Å². The topological polar surface area (TPSA) is 85.4 Å². The zero-order chi connectivity index (χ0) is 14.1. The normalized spacial score (nSPS) is 10.7. The van der Waals surface area contributed by atoms with Crippen molar-refractivity contribution < 1.29 is 4.92 Å². The SMILES string of the molecule is CNc1ccc([N+](=O)[O-])c(-c2cccc3nccn23)n1. The van der Waals surface area contributed by atoms with Gasteiger partial charge in [0.25, 0.3) is 5.69 Å². The molecule has 7 heteroatoms.